The zero-order valence-electron chi connectivity index (χ0n) is 13.7. The van der Waals surface area contributed by atoms with E-state index in [0.717, 1.165) is 5.56 Å². The second kappa shape index (κ2) is 7.15. The van der Waals surface area contributed by atoms with Crippen LogP contribution in [-0.2, 0) is 14.8 Å². The third kappa shape index (κ3) is 3.86. The molecule has 1 aliphatic rings. The Labute approximate surface area is 151 Å². The molecule has 0 bridgehead atoms. The molecule has 1 amide bonds. The van der Waals surface area contributed by atoms with Gasteiger partial charge in [0.25, 0.3) is 10.0 Å². The van der Waals surface area contributed by atoms with E-state index in [9.17, 15) is 13.2 Å². The Morgan fingerprint density at radius 2 is 2.24 bits per heavy atom. The number of anilines is 1. The smallest absolute Gasteiger partial charge is 0.260 e. The van der Waals surface area contributed by atoms with Crippen molar-refractivity contribution < 1.29 is 13.2 Å². The number of hydrogen-bond acceptors (Lipinski definition) is 4. The molecule has 0 spiro atoms. The predicted molar refractivity (Wildman–Crippen MR) is 94.9 cm³/mol. The molecule has 0 radical (unpaired) electrons. The number of aromatic nitrogens is 2. The van der Waals surface area contributed by atoms with E-state index < -0.39 is 15.9 Å². The van der Waals surface area contributed by atoms with Gasteiger partial charge in [-0.1, -0.05) is 17.7 Å². The number of H-pyrrole nitrogens is 1. The van der Waals surface area contributed by atoms with Crippen LogP contribution < -0.4 is 5.32 Å². The number of nitrogens with zero attached hydrogens (tertiary/aromatic N) is 2. The van der Waals surface area contributed by atoms with Crippen LogP contribution in [0.15, 0.2) is 35.7 Å². The lowest BCUT2D eigenvalue weighted by Gasteiger charge is -2.30. The Kier molecular flexibility index (Phi) is 5.12. The van der Waals surface area contributed by atoms with Crippen LogP contribution in [0.3, 0.4) is 0 Å². The van der Waals surface area contributed by atoms with Crippen molar-refractivity contribution in [2.45, 2.75) is 24.8 Å². The summed E-state index contributed by atoms with van der Waals surface area (Å²) in [5, 5.41) is 3.44. The maximum Gasteiger partial charge on any atom is 0.260 e. The average molecular weight is 383 g/mol. The van der Waals surface area contributed by atoms with Gasteiger partial charge in [0.2, 0.25) is 5.91 Å². The first-order chi connectivity index (χ1) is 11.9. The zero-order valence-corrected chi connectivity index (χ0v) is 15.3. The highest BCUT2D eigenvalue weighted by atomic mass is 35.5. The monoisotopic (exact) mass is 382 g/mol. The largest absolute Gasteiger partial charge is 0.335 e. The van der Waals surface area contributed by atoms with Crippen LogP contribution in [0.4, 0.5) is 5.69 Å². The number of nitrogens with one attached hydrogen (secondary N) is 2. The summed E-state index contributed by atoms with van der Waals surface area (Å²) in [5.74, 6) is -0.615. The molecule has 3 rings (SSSR count). The molecule has 0 unspecified atom stereocenters. The molecule has 2 heterocycles. The van der Waals surface area contributed by atoms with E-state index in [4.69, 9.17) is 11.6 Å². The number of rotatable bonds is 4. The van der Waals surface area contributed by atoms with Gasteiger partial charge in [-0.2, -0.15) is 4.31 Å². The van der Waals surface area contributed by atoms with Gasteiger partial charge in [0.15, 0.2) is 5.03 Å². The third-order valence-electron chi connectivity index (χ3n) is 4.29. The van der Waals surface area contributed by atoms with Gasteiger partial charge in [-0.05, 0) is 37.5 Å². The predicted octanol–water partition coefficient (Wildman–Crippen LogP) is 2.41. The number of amides is 1. The fraction of sp³-hybridized carbons (Fsp3) is 0.375. The molecular weight excluding hydrogens is 364 g/mol. The zero-order chi connectivity index (χ0) is 18.0. The molecule has 1 aliphatic heterocycles. The van der Waals surface area contributed by atoms with Crippen LogP contribution in [0, 0.1) is 12.8 Å². The summed E-state index contributed by atoms with van der Waals surface area (Å²) < 4.78 is 26.5. The minimum atomic E-state index is -3.66. The SMILES string of the molecule is Cc1ccc(NC(=O)[C@@H]2CCCN(S(=O)(=O)c3cnc[nH]3)C2)cc1Cl. The van der Waals surface area contributed by atoms with Crippen LogP contribution in [0.1, 0.15) is 18.4 Å². The number of piperidine rings is 1. The van der Waals surface area contributed by atoms with E-state index in [2.05, 4.69) is 15.3 Å². The van der Waals surface area contributed by atoms with Crippen LogP contribution in [0.5, 0.6) is 0 Å². The number of benzene rings is 1. The molecule has 1 fully saturated rings. The number of carbonyl (C=O) groups is 1. The summed E-state index contributed by atoms with van der Waals surface area (Å²) >= 11 is 6.07. The molecule has 9 heteroatoms. The van der Waals surface area contributed by atoms with Crippen LogP contribution in [-0.4, -0.2) is 41.7 Å². The normalized spacial score (nSPS) is 18.9. The molecule has 7 nitrogen and oxygen atoms in total. The van der Waals surface area contributed by atoms with Crippen LogP contribution in [0.25, 0.3) is 0 Å². The van der Waals surface area contributed by atoms with Crippen molar-refractivity contribution in [2.24, 2.45) is 5.92 Å². The lowest BCUT2D eigenvalue weighted by molar-refractivity contribution is -0.120. The van der Waals surface area contributed by atoms with Gasteiger partial charge < -0.3 is 10.3 Å². The quantitative estimate of drug-likeness (QED) is 0.848. The summed E-state index contributed by atoms with van der Waals surface area (Å²) in [7, 11) is -3.66. The molecule has 2 aromatic rings. The maximum absolute atomic E-state index is 12.6. The fourth-order valence-corrected chi connectivity index (χ4v) is 4.41. The number of hydrogen-bond donors (Lipinski definition) is 2. The summed E-state index contributed by atoms with van der Waals surface area (Å²) in [6.07, 6.45) is 3.86. The second-order valence-corrected chi connectivity index (χ2v) is 8.38. The van der Waals surface area contributed by atoms with Crippen molar-refractivity contribution in [3.05, 3.63) is 41.3 Å². The average Bonchev–Trinajstić information content (AvgIpc) is 3.14. The Balaban J connectivity index is 1.70. The Bertz CT molecular complexity index is 868. The Hall–Kier alpha value is -1.90. The van der Waals surface area contributed by atoms with E-state index in [0.29, 0.717) is 30.1 Å². The number of halogens is 1. The van der Waals surface area contributed by atoms with E-state index in [-0.39, 0.29) is 17.5 Å². The van der Waals surface area contributed by atoms with Gasteiger partial charge in [-0.25, -0.2) is 13.4 Å². The van der Waals surface area contributed by atoms with E-state index in [1.807, 2.05) is 13.0 Å². The van der Waals surface area contributed by atoms with Crippen molar-refractivity contribution in [3.8, 4) is 0 Å². The summed E-state index contributed by atoms with van der Waals surface area (Å²) in [6, 6.07) is 5.30. The lowest BCUT2D eigenvalue weighted by atomic mass is 9.98. The molecule has 25 heavy (non-hydrogen) atoms. The molecule has 1 saturated heterocycles. The molecule has 1 atom stereocenters. The summed E-state index contributed by atoms with van der Waals surface area (Å²) in [5.41, 5.74) is 1.53. The van der Waals surface area contributed by atoms with Gasteiger partial charge in [0.05, 0.1) is 18.4 Å². The first-order valence-corrected chi connectivity index (χ1v) is 9.75. The first kappa shape index (κ1) is 17.9. The molecule has 134 valence electrons. The Morgan fingerprint density at radius 1 is 1.44 bits per heavy atom. The molecule has 0 aliphatic carbocycles. The minimum absolute atomic E-state index is 0.0406. The number of aryl methyl sites for hydroxylation is 1. The Morgan fingerprint density at radius 3 is 2.92 bits per heavy atom. The fourth-order valence-electron chi connectivity index (χ4n) is 2.81. The van der Waals surface area contributed by atoms with Crippen molar-refractivity contribution >= 4 is 33.2 Å². The van der Waals surface area contributed by atoms with Crippen molar-refractivity contribution in [2.75, 3.05) is 18.4 Å². The van der Waals surface area contributed by atoms with Gasteiger partial charge in [-0.15, -0.1) is 0 Å². The summed E-state index contributed by atoms with van der Waals surface area (Å²) in [6.45, 7) is 2.42. The van der Waals surface area contributed by atoms with Crippen molar-refractivity contribution in [3.63, 3.8) is 0 Å². The van der Waals surface area contributed by atoms with Crippen LogP contribution >= 0.6 is 11.6 Å². The van der Waals surface area contributed by atoms with Crippen LogP contribution in [0.2, 0.25) is 5.02 Å². The van der Waals surface area contributed by atoms with Gasteiger partial charge in [-0.3, -0.25) is 4.79 Å². The topological polar surface area (TPSA) is 95.2 Å². The van der Waals surface area contributed by atoms with Crippen molar-refractivity contribution in [1.82, 2.24) is 14.3 Å². The van der Waals surface area contributed by atoms with E-state index >= 15 is 0 Å². The lowest BCUT2D eigenvalue weighted by Crippen LogP contribution is -2.43. The van der Waals surface area contributed by atoms with Gasteiger partial charge in [0.1, 0.15) is 0 Å². The maximum atomic E-state index is 12.6. The number of sulfonamides is 1. The summed E-state index contributed by atoms with van der Waals surface area (Å²) in [4.78, 5) is 18.9. The molecule has 2 N–H and O–H groups in total. The number of aromatic amines is 1. The van der Waals surface area contributed by atoms with Gasteiger partial charge in [0, 0.05) is 23.8 Å². The molecule has 1 aromatic heterocycles. The second-order valence-electron chi connectivity index (χ2n) is 6.07. The van der Waals surface area contributed by atoms with E-state index in [1.165, 1.54) is 16.8 Å². The first-order valence-electron chi connectivity index (χ1n) is 7.93. The minimum Gasteiger partial charge on any atom is -0.335 e. The molecule has 0 saturated carbocycles. The molecule has 1 aromatic carbocycles. The van der Waals surface area contributed by atoms with Gasteiger partial charge >= 0.3 is 0 Å². The number of carbonyl (C=O) groups excluding carboxylic acids is 1. The van der Waals surface area contributed by atoms with Crippen molar-refractivity contribution in [1.29, 1.82) is 0 Å². The van der Waals surface area contributed by atoms with E-state index in [1.54, 1.807) is 12.1 Å². The highest BCUT2D eigenvalue weighted by Gasteiger charge is 2.34. The standard InChI is InChI=1S/C16H19ClN4O3S/c1-11-4-5-13(7-14(11)17)20-16(22)12-3-2-6-21(9-12)25(23,24)15-8-18-10-19-15/h4-5,7-8,10,12H,2-3,6,9H2,1H3,(H,18,19)(H,20,22)/t12-/m1/s1. The molecular formula is C16H19ClN4O3S. The third-order valence-corrected chi connectivity index (χ3v) is 6.48. The number of imidazole rings is 1. The highest BCUT2D eigenvalue weighted by molar-refractivity contribution is 7.89. The highest BCUT2D eigenvalue weighted by Crippen LogP contribution is 2.25.